The summed E-state index contributed by atoms with van der Waals surface area (Å²) in [5.74, 6) is 0.0719. The minimum atomic E-state index is -0.116. The highest BCUT2D eigenvalue weighted by Gasteiger charge is 2.22. The minimum absolute atomic E-state index is 0.0171. The molecule has 0 aliphatic heterocycles. The Bertz CT molecular complexity index is 1170. The highest BCUT2D eigenvalue weighted by molar-refractivity contribution is 7.99. The molecule has 0 spiro atoms. The number of nitrogens with one attached hydrogen (secondary N) is 1. The van der Waals surface area contributed by atoms with Crippen molar-refractivity contribution < 1.29 is 4.79 Å². The molecular formula is C23H25N3O2S2. The summed E-state index contributed by atoms with van der Waals surface area (Å²) in [6.07, 6.45) is 5.96. The fourth-order valence-corrected chi connectivity index (χ4v) is 6.11. The van der Waals surface area contributed by atoms with E-state index in [1.165, 1.54) is 28.6 Å². The Morgan fingerprint density at radius 3 is 2.73 bits per heavy atom. The van der Waals surface area contributed by atoms with Gasteiger partial charge in [0, 0.05) is 17.1 Å². The maximum Gasteiger partial charge on any atom is 0.263 e. The van der Waals surface area contributed by atoms with E-state index in [-0.39, 0.29) is 17.2 Å². The van der Waals surface area contributed by atoms with Crippen molar-refractivity contribution in [2.75, 3.05) is 11.1 Å². The smallest absolute Gasteiger partial charge is 0.263 e. The van der Waals surface area contributed by atoms with Crippen LogP contribution in [0.5, 0.6) is 0 Å². The van der Waals surface area contributed by atoms with Gasteiger partial charge in [0.2, 0.25) is 5.91 Å². The van der Waals surface area contributed by atoms with E-state index in [0.29, 0.717) is 11.7 Å². The summed E-state index contributed by atoms with van der Waals surface area (Å²) in [4.78, 5) is 32.6. The molecule has 5 nitrogen and oxygen atoms in total. The number of rotatable bonds is 6. The first-order chi connectivity index (χ1) is 14.5. The summed E-state index contributed by atoms with van der Waals surface area (Å²) in [5, 5.41) is 4.28. The molecule has 1 aliphatic rings. The monoisotopic (exact) mass is 439 g/mol. The zero-order valence-corrected chi connectivity index (χ0v) is 18.9. The molecule has 0 saturated carbocycles. The number of amides is 1. The van der Waals surface area contributed by atoms with Crippen molar-refractivity contribution in [3.05, 3.63) is 62.8 Å². The maximum absolute atomic E-state index is 13.3. The van der Waals surface area contributed by atoms with Crippen molar-refractivity contribution in [1.29, 1.82) is 0 Å². The molecule has 0 atom stereocenters. The SMILES string of the molecule is C=CCn1c(SCC(=O)Nc2cc(C)cc(C)c2)nc2sc3c(c2c1=O)CCCC3. The van der Waals surface area contributed by atoms with Gasteiger partial charge in [-0.25, -0.2) is 4.98 Å². The molecule has 0 saturated heterocycles. The van der Waals surface area contributed by atoms with E-state index in [0.717, 1.165) is 46.3 Å². The van der Waals surface area contributed by atoms with E-state index in [1.54, 1.807) is 22.0 Å². The molecule has 4 rings (SSSR count). The predicted octanol–water partition coefficient (Wildman–Crippen LogP) is 4.87. The summed E-state index contributed by atoms with van der Waals surface area (Å²) >= 11 is 2.93. The Labute approximate surface area is 184 Å². The number of anilines is 1. The molecule has 1 amide bonds. The topological polar surface area (TPSA) is 64.0 Å². The van der Waals surface area contributed by atoms with Crippen LogP contribution in [-0.4, -0.2) is 21.2 Å². The molecule has 2 heterocycles. The van der Waals surface area contributed by atoms with Gasteiger partial charge < -0.3 is 5.32 Å². The number of nitrogens with zero attached hydrogens (tertiary/aromatic N) is 2. The van der Waals surface area contributed by atoms with Gasteiger partial charge in [0.1, 0.15) is 4.83 Å². The first-order valence-corrected chi connectivity index (χ1v) is 11.9. The number of hydrogen-bond acceptors (Lipinski definition) is 5. The number of allylic oxidation sites excluding steroid dienone is 1. The van der Waals surface area contributed by atoms with Crippen LogP contribution in [0.4, 0.5) is 5.69 Å². The molecule has 0 unspecified atom stereocenters. The summed E-state index contributed by atoms with van der Waals surface area (Å²) in [6.45, 7) is 8.18. The van der Waals surface area contributed by atoms with Gasteiger partial charge in [-0.3, -0.25) is 14.2 Å². The van der Waals surface area contributed by atoms with Crippen LogP contribution in [0.1, 0.15) is 34.4 Å². The van der Waals surface area contributed by atoms with Gasteiger partial charge in [-0.2, -0.15) is 0 Å². The highest BCUT2D eigenvalue weighted by Crippen LogP contribution is 2.34. The number of thioether (sulfide) groups is 1. The van der Waals surface area contributed by atoms with Crippen molar-refractivity contribution in [2.45, 2.75) is 51.2 Å². The Kier molecular flexibility index (Phi) is 6.11. The van der Waals surface area contributed by atoms with Crippen LogP contribution in [0.15, 0.2) is 40.8 Å². The normalized spacial score (nSPS) is 13.3. The third kappa shape index (κ3) is 4.23. The Balaban J connectivity index is 1.60. The molecule has 1 aromatic carbocycles. The van der Waals surface area contributed by atoms with Gasteiger partial charge in [0.15, 0.2) is 5.16 Å². The Morgan fingerprint density at radius 2 is 2.00 bits per heavy atom. The van der Waals surface area contributed by atoms with Crippen molar-refractivity contribution in [1.82, 2.24) is 9.55 Å². The lowest BCUT2D eigenvalue weighted by molar-refractivity contribution is -0.113. The second kappa shape index (κ2) is 8.78. The molecule has 156 valence electrons. The fraction of sp³-hybridized carbons (Fsp3) is 0.348. The van der Waals surface area contributed by atoms with Crippen molar-refractivity contribution in [3.63, 3.8) is 0 Å². The van der Waals surface area contributed by atoms with E-state index < -0.39 is 0 Å². The molecule has 2 aromatic heterocycles. The van der Waals surface area contributed by atoms with Gasteiger partial charge in [-0.1, -0.05) is 23.9 Å². The van der Waals surface area contributed by atoms with E-state index in [2.05, 4.69) is 18.0 Å². The van der Waals surface area contributed by atoms with Crippen LogP contribution < -0.4 is 10.9 Å². The second-order valence-electron chi connectivity index (χ2n) is 7.70. The molecule has 7 heteroatoms. The third-order valence-electron chi connectivity index (χ3n) is 5.19. The summed E-state index contributed by atoms with van der Waals surface area (Å²) in [5.41, 5.74) is 4.16. The standard InChI is InChI=1S/C23H25N3O2S2/c1-4-9-26-22(28)20-17-7-5-6-8-18(17)30-21(20)25-23(26)29-13-19(27)24-16-11-14(2)10-15(3)12-16/h4,10-12H,1,5-9,13H2,2-3H3,(H,24,27). The lowest BCUT2D eigenvalue weighted by Gasteiger charge is -2.12. The highest BCUT2D eigenvalue weighted by atomic mass is 32.2. The molecule has 0 bridgehead atoms. The summed E-state index contributed by atoms with van der Waals surface area (Å²) in [7, 11) is 0. The number of carbonyl (C=O) groups is 1. The number of aryl methyl sites for hydroxylation is 4. The van der Waals surface area contributed by atoms with Crippen LogP contribution in [0.25, 0.3) is 10.2 Å². The maximum atomic E-state index is 13.3. The third-order valence-corrected chi connectivity index (χ3v) is 7.35. The lowest BCUT2D eigenvalue weighted by atomic mass is 9.97. The Morgan fingerprint density at radius 1 is 1.27 bits per heavy atom. The van der Waals surface area contributed by atoms with Crippen LogP contribution in [0.3, 0.4) is 0 Å². The average molecular weight is 440 g/mol. The first-order valence-electron chi connectivity index (χ1n) is 10.1. The largest absolute Gasteiger partial charge is 0.325 e. The van der Waals surface area contributed by atoms with Crippen LogP contribution >= 0.6 is 23.1 Å². The second-order valence-corrected chi connectivity index (χ2v) is 9.73. The van der Waals surface area contributed by atoms with Gasteiger partial charge in [0.05, 0.1) is 11.1 Å². The van der Waals surface area contributed by atoms with Gasteiger partial charge in [0.25, 0.3) is 5.56 Å². The van der Waals surface area contributed by atoms with E-state index in [9.17, 15) is 9.59 Å². The summed E-state index contributed by atoms with van der Waals surface area (Å²) < 4.78 is 1.64. The Hall–Kier alpha value is -2.38. The number of fused-ring (bicyclic) bond motifs is 3. The zero-order valence-electron chi connectivity index (χ0n) is 17.3. The van der Waals surface area contributed by atoms with E-state index >= 15 is 0 Å². The summed E-state index contributed by atoms with van der Waals surface area (Å²) in [6, 6.07) is 5.96. The quantitative estimate of drug-likeness (QED) is 0.338. The number of carbonyl (C=O) groups excluding carboxylic acids is 1. The first kappa shape index (κ1) is 20.9. The number of hydrogen-bond donors (Lipinski definition) is 1. The predicted molar refractivity (Wildman–Crippen MR) is 126 cm³/mol. The molecule has 30 heavy (non-hydrogen) atoms. The molecular weight excluding hydrogens is 414 g/mol. The van der Waals surface area contributed by atoms with Crippen molar-refractivity contribution in [3.8, 4) is 0 Å². The fourth-order valence-electron chi connectivity index (χ4n) is 3.99. The molecule has 3 aromatic rings. The molecule has 0 radical (unpaired) electrons. The van der Waals surface area contributed by atoms with Gasteiger partial charge in [-0.05, 0) is 68.4 Å². The van der Waals surface area contributed by atoms with Crippen LogP contribution in [-0.2, 0) is 24.2 Å². The molecule has 0 fully saturated rings. The number of thiophene rings is 1. The van der Waals surface area contributed by atoms with Gasteiger partial charge in [-0.15, -0.1) is 17.9 Å². The lowest BCUT2D eigenvalue weighted by Crippen LogP contribution is -2.24. The minimum Gasteiger partial charge on any atom is -0.325 e. The van der Waals surface area contributed by atoms with E-state index in [4.69, 9.17) is 4.98 Å². The van der Waals surface area contributed by atoms with E-state index in [1.807, 2.05) is 26.0 Å². The molecule has 1 N–H and O–H groups in total. The van der Waals surface area contributed by atoms with Gasteiger partial charge >= 0.3 is 0 Å². The average Bonchev–Trinajstić information content (AvgIpc) is 3.06. The van der Waals surface area contributed by atoms with Crippen LogP contribution in [0.2, 0.25) is 0 Å². The number of aromatic nitrogens is 2. The van der Waals surface area contributed by atoms with Crippen molar-refractivity contribution in [2.24, 2.45) is 0 Å². The number of benzene rings is 1. The van der Waals surface area contributed by atoms with Crippen LogP contribution in [0, 0.1) is 13.8 Å². The zero-order chi connectivity index (χ0) is 21.3. The molecule has 1 aliphatic carbocycles. The van der Waals surface area contributed by atoms with Crippen molar-refractivity contribution >= 4 is 44.9 Å².